The molecule has 27 heavy (non-hydrogen) atoms. The highest BCUT2D eigenvalue weighted by Crippen LogP contribution is 2.37. The lowest BCUT2D eigenvalue weighted by Gasteiger charge is -2.23. The molecule has 0 fully saturated rings. The fraction of sp³-hybridized carbons (Fsp3) is 0.474. The summed E-state index contributed by atoms with van der Waals surface area (Å²) in [5, 5.41) is 0.636. The second kappa shape index (κ2) is 8.58. The van der Waals surface area contributed by atoms with Gasteiger partial charge in [-0.15, -0.1) is 0 Å². The highest BCUT2D eigenvalue weighted by molar-refractivity contribution is 7.22. The van der Waals surface area contributed by atoms with Crippen molar-refractivity contribution in [1.29, 1.82) is 0 Å². The molecule has 1 amide bonds. The van der Waals surface area contributed by atoms with Crippen molar-refractivity contribution in [2.24, 2.45) is 0 Å². The summed E-state index contributed by atoms with van der Waals surface area (Å²) < 4.78 is 17.2. The van der Waals surface area contributed by atoms with Gasteiger partial charge in [-0.25, -0.2) is 4.98 Å². The SMILES string of the molecule is COc1ccc(C)c2sc(N(CCCN(C)C)C(=O)C3=COCCO3)nc12. The van der Waals surface area contributed by atoms with E-state index in [1.165, 1.54) is 17.6 Å². The maximum Gasteiger partial charge on any atom is 0.298 e. The van der Waals surface area contributed by atoms with Crippen LogP contribution in [0.2, 0.25) is 0 Å². The lowest BCUT2D eigenvalue weighted by atomic mass is 10.2. The van der Waals surface area contributed by atoms with Crippen molar-refractivity contribution in [2.75, 3.05) is 52.4 Å². The number of anilines is 1. The molecule has 0 spiro atoms. The second-order valence-electron chi connectivity index (χ2n) is 6.57. The van der Waals surface area contributed by atoms with Gasteiger partial charge in [0.1, 0.15) is 30.7 Å². The van der Waals surface area contributed by atoms with E-state index >= 15 is 0 Å². The molecular formula is C19H25N3O4S. The second-order valence-corrected chi connectivity index (χ2v) is 7.55. The van der Waals surface area contributed by atoms with Crippen LogP contribution in [0.1, 0.15) is 12.0 Å². The van der Waals surface area contributed by atoms with Crippen LogP contribution in [0.25, 0.3) is 10.2 Å². The molecule has 0 saturated carbocycles. The Balaban J connectivity index is 1.96. The third-order valence-electron chi connectivity index (χ3n) is 4.24. The summed E-state index contributed by atoms with van der Waals surface area (Å²) in [5.74, 6) is 0.688. The zero-order valence-electron chi connectivity index (χ0n) is 16.2. The van der Waals surface area contributed by atoms with Gasteiger partial charge >= 0.3 is 0 Å². The molecule has 0 radical (unpaired) electrons. The van der Waals surface area contributed by atoms with Crippen LogP contribution in [0.5, 0.6) is 5.75 Å². The van der Waals surface area contributed by atoms with Crippen LogP contribution in [0.15, 0.2) is 24.2 Å². The number of benzene rings is 1. The van der Waals surface area contributed by atoms with Gasteiger partial charge in [0.05, 0.1) is 11.8 Å². The van der Waals surface area contributed by atoms with Crippen molar-refractivity contribution in [3.63, 3.8) is 0 Å². The number of carbonyl (C=O) groups excluding carboxylic acids is 1. The maximum atomic E-state index is 13.1. The number of amides is 1. The molecule has 2 heterocycles. The minimum absolute atomic E-state index is 0.217. The molecule has 0 saturated heterocycles. The molecule has 146 valence electrons. The smallest absolute Gasteiger partial charge is 0.298 e. The van der Waals surface area contributed by atoms with Crippen LogP contribution in [0.4, 0.5) is 5.13 Å². The Morgan fingerprint density at radius 2 is 2.11 bits per heavy atom. The fourth-order valence-electron chi connectivity index (χ4n) is 2.82. The molecule has 7 nitrogen and oxygen atoms in total. The van der Waals surface area contributed by atoms with E-state index in [9.17, 15) is 4.79 Å². The number of nitrogens with zero attached hydrogens (tertiary/aromatic N) is 3. The topological polar surface area (TPSA) is 64.1 Å². The van der Waals surface area contributed by atoms with Crippen molar-refractivity contribution in [1.82, 2.24) is 9.88 Å². The quantitative estimate of drug-likeness (QED) is 0.723. The van der Waals surface area contributed by atoms with E-state index in [0.29, 0.717) is 30.6 Å². The highest BCUT2D eigenvalue weighted by atomic mass is 32.1. The Kier molecular flexibility index (Phi) is 6.18. The van der Waals surface area contributed by atoms with Gasteiger partial charge in [-0.3, -0.25) is 9.69 Å². The van der Waals surface area contributed by atoms with Crippen LogP contribution < -0.4 is 9.64 Å². The van der Waals surface area contributed by atoms with Gasteiger partial charge in [0.25, 0.3) is 5.91 Å². The predicted molar refractivity (Wildman–Crippen MR) is 106 cm³/mol. The van der Waals surface area contributed by atoms with Gasteiger partial charge in [-0.2, -0.15) is 0 Å². The van der Waals surface area contributed by atoms with Crippen LogP contribution >= 0.6 is 11.3 Å². The maximum absolute atomic E-state index is 13.1. The normalized spacial score (nSPS) is 13.9. The number of rotatable bonds is 7. The first kappa shape index (κ1) is 19.4. The molecule has 0 N–H and O–H groups in total. The summed E-state index contributed by atoms with van der Waals surface area (Å²) >= 11 is 1.49. The number of methoxy groups -OCH3 is 1. The van der Waals surface area contributed by atoms with Crippen molar-refractivity contribution in [3.8, 4) is 5.75 Å². The third-order valence-corrected chi connectivity index (χ3v) is 5.45. The van der Waals surface area contributed by atoms with Gasteiger partial charge in [0, 0.05) is 6.54 Å². The van der Waals surface area contributed by atoms with Gasteiger partial charge in [0.15, 0.2) is 5.13 Å². The van der Waals surface area contributed by atoms with Gasteiger partial charge in [-0.1, -0.05) is 17.4 Å². The van der Waals surface area contributed by atoms with E-state index < -0.39 is 0 Å². The molecule has 0 aliphatic carbocycles. The molecule has 1 aromatic heterocycles. The summed E-state index contributed by atoms with van der Waals surface area (Å²) in [5.41, 5.74) is 1.88. The van der Waals surface area contributed by atoms with E-state index in [1.807, 2.05) is 33.2 Å². The fourth-order valence-corrected chi connectivity index (χ4v) is 3.90. The molecule has 1 aliphatic heterocycles. The van der Waals surface area contributed by atoms with Gasteiger partial charge in [0.2, 0.25) is 5.76 Å². The van der Waals surface area contributed by atoms with Crippen molar-refractivity contribution >= 4 is 32.6 Å². The molecule has 1 aromatic carbocycles. The monoisotopic (exact) mass is 391 g/mol. The van der Waals surface area contributed by atoms with E-state index in [4.69, 9.17) is 19.2 Å². The molecule has 0 bridgehead atoms. The van der Waals surface area contributed by atoms with Crippen molar-refractivity contribution in [2.45, 2.75) is 13.3 Å². The van der Waals surface area contributed by atoms with Gasteiger partial charge in [-0.05, 0) is 45.6 Å². The summed E-state index contributed by atoms with van der Waals surface area (Å²) in [7, 11) is 5.65. The number of aryl methyl sites for hydroxylation is 1. The molecule has 0 unspecified atom stereocenters. The Morgan fingerprint density at radius 3 is 2.78 bits per heavy atom. The van der Waals surface area contributed by atoms with Crippen LogP contribution in [0, 0.1) is 6.92 Å². The first-order chi connectivity index (χ1) is 13.0. The number of fused-ring (bicyclic) bond motifs is 1. The van der Waals surface area contributed by atoms with E-state index in [0.717, 1.165) is 28.7 Å². The number of aromatic nitrogens is 1. The zero-order chi connectivity index (χ0) is 19.4. The Hall–Kier alpha value is -2.32. The van der Waals surface area contributed by atoms with Gasteiger partial charge < -0.3 is 19.1 Å². The van der Waals surface area contributed by atoms with Crippen molar-refractivity contribution < 1.29 is 19.0 Å². The summed E-state index contributed by atoms with van der Waals surface area (Å²) in [6, 6.07) is 3.90. The Bertz CT molecular complexity index is 847. The molecule has 1 aliphatic rings. The van der Waals surface area contributed by atoms with E-state index in [2.05, 4.69) is 4.90 Å². The number of ether oxygens (including phenoxy) is 3. The summed E-state index contributed by atoms with van der Waals surface area (Å²) in [4.78, 5) is 21.5. The van der Waals surface area contributed by atoms with Crippen LogP contribution in [0.3, 0.4) is 0 Å². The molecule has 0 atom stereocenters. The molecule has 3 rings (SSSR count). The van der Waals surface area contributed by atoms with E-state index in [-0.39, 0.29) is 11.7 Å². The Labute approximate surface area is 163 Å². The predicted octanol–water partition coefficient (Wildman–Crippen LogP) is 2.79. The van der Waals surface area contributed by atoms with Crippen LogP contribution in [-0.4, -0.2) is 63.3 Å². The standard InChI is InChI=1S/C19H25N3O4S/c1-13-6-7-14(24-4)16-17(13)27-19(20-16)22(9-5-8-21(2)3)18(23)15-12-25-10-11-26-15/h6-7,12H,5,8-11H2,1-4H3. The first-order valence-electron chi connectivity index (χ1n) is 8.86. The third kappa shape index (κ3) is 4.33. The number of thiazole rings is 1. The average molecular weight is 391 g/mol. The minimum atomic E-state index is -0.232. The number of hydrogen-bond acceptors (Lipinski definition) is 7. The largest absolute Gasteiger partial charge is 0.494 e. The molecular weight excluding hydrogens is 366 g/mol. The lowest BCUT2D eigenvalue weighted by molar-refractivity contribution is -0.119. The first-order valence-corrected chi connectivity index (χ1v) is 9.68. The van der Waals surface area contributed by atoms with Crippen molar-refractivity contribution in [3.05, 3.63) is 29.7 Å². The van der Waals surface area contributed by atoms with E-state index in [1.54, 1.807) is 12.0 Å². The minimum Gasteiger partial charge on any atom is -0.494 e. The summed E-state index contributed by atoms with van der Waals surface area (Å²) in [6.07, 6.45) is 2.21. The summed E-state index contributed by atoms with van der Waals surface area (Å²) in [6.45, 7) is 4.26. The highest BCUT2D eigenvalue weighted by Gasteiger charge is 2.26. The lowest BCUT2D eigenvalue weighted by Crippen LogP contribution is -2.36. The molecule has 2 aromatic rings. The molecule has 8 heteroatoms. The number of hydrogen-bond donors (Lipinski definition) is 0. The average Bonchev–Trinajstić information content (AvgIpc) is 3.11. The van der Waals surface area contributed by atoms with Crippen LogP contribution in [-0.2, 0) is 14.3 Å². The zero-order valence-corrected chi connectivity index (χ0v) is 17.0. The Morgan fingerprint density at radius 1 is 1.30 bits per heavy atom. The number of carbonyl (C=O) groups is 1.